The van der Waals surface area contributed by atoms with E-state index in [4.69, 9.17) is 25.5 Å². The van der Waals surface area contributed by atoms with Gasteiger partial charge in [0, 0.05) is 6.54 Å². The van der Waals surface area contributed by atoms with E-state index in [-0.39, 0.29) is 22.7 Å². The molecule has 0 spiro atoms. The Kier molecular flexibility index (Phi) is 6.13. The fraction of sp³-hybridized carbons (Fsp3) is 0.333. The summed E-state index contributed by atoms with van der Waals surface area (Å²) in [5, 5.41) is 0.647. The highest BCUT2D eigenvalue weighted by atomic mass is 35.5. The second kappa shape index (κ2) is 8.84. The maximum atomic E-state index is 13.5. The largest absolute Gasteiger partial charge is 0.493 e. The smallest absolute Gasteiger partial charge is 0.290 e. The first-order valence-electron chi connectivity index (χ1n) is 10.3. The number of ether oxygens (including phenoxy) is 2. The van der Waals surface area contributed by atoms with Crippen molar-refractivity contribution < 1.29 is 18.7 Å². The molecule has 4 rings (SSSR count). The molecule has 0 saturated carbocycles. The molecule has 7 nitrogen and oxygen atoms in total. The van der Waals surface area contributed by atoms with Crippen LogP contribution in [-0.2, 0) is 0 Å². The number of carbonyl (C=O) groups excluding carboxylic acids is 1. The Hall–Kier alpha value is -3.03. The molecule has 1 aliphatic heterocycles. The van der Waals surface area contributed by atoms with Gasteiger partial charge in [0.15, 0.2) is 22.5 Å². The maximum Gasteiger partial charge on any atom is 0.290 e. The summed E-state index contributed by atoms with van der Waals surface area (Å²) >= 11 is 6.27. The van der Waals surface area contributed by atoms with Crippen molar-refractivity contribution in [2.45, 2.75) is 12.5 Å². The number of carbonyl (C=O) groups is 1. The molecule has 1 unspecified atom stereocenters. The van der Waals surface area contributed by atoms with E-state index < -0.39 is 6.04 Å². The van der Waals surface area contributed by atoms with E-state index in [1.54, 1.807) is 49.5 Å². The summed E-state index contributed by atoms with van der Waals surface area (Å²) in [4.78, 5) is 30.7. The van der Waals surface area contributed by atoms with E-state index in [0.29, 0.717) is 34.0 Å². The van der Waals surface area contributed by atoms with Crippen molar-refractivity contribution in [3.8, 4) is 11.5 Å². The van der Waals surface area contributed by atoms with E-state index in [9.17, 15) is 9.59 Å². The second-order valence-electron chi connectivity index (χ2n) is 7.96. The number of para-hydroxylation sites is 1. The zero-order chi connectivity index (χ0) is 23.0. The highest BCUT2D eigenvalue weighted by molar-refractivity contribution is 6.34. The van der Waals surface area contributed by atoms with Crippen LogP contribution in [0.5, 0.6) is 11.5 Å². The molecule has 0 saturated heterocycles. The van der Waals surface area contributed by atoms with Crippen molar-refractivity contribution in [1.82, 2.24) is 9.80 Å². The Labute approximate surface area is 191 Å². The van der Waals surface area contributed by atoms with Crippen LogP contribution in [0.15, 0.2) is 45.6 Å². The molecule has 8 heteroatoms. The Morgan fingerprint density at radius 2 is 1.84 bits per heavy atom. The van der Waals surface area contributed by atoms with Gasteiger partial charge < -0.3 is 23.7 Å². The normalized spacial score (nSPS) is 15.5. The summed E-state index contributed by atoms with van der Waals surface area (Å²) in [6.07, 6.45) is 0.741. The molecule has 0 radical (unpaired) electrons. The second-order valence-corrected chi connectivity index (χ2v) is 8.37. The Morgan fingerprint density at radius 3 is 2.53 bits per heavy atom. The molecule has 168 valence electrons. The molecule has 1 atom stereocenters. The van der Waals surface area contributed by atoms with Crippen LogP contribution in [-0.4, -0.2) is 57.1 Å². The molecular formula is C24H25ClN2O5. The van der Waals surface area contributed by atoms with Gasteiger partial charge in [-0.25, -0.2) is 0 Å². The van der Waals surface area contributed by atoms with Crippen molar-refractivity contribution in [3.63, 3.8) is 0 Å². The maximum absolute atomic E-state index is 13.5. The van der Waals surface area contributed by atoms with Crippen molar-refractivity contribution in [1.29, 1.82) is 0 Å². The predicted molar refractivity (Wildman–Crippen MR) is 123 cm³/mol. The fourth-order valence-corrected chi connectivity index (χ4v) is 4.38. The summed E-state index contributed by atoms with van der Waals surface area (Å²) in [7, 11) is 7.07. The van der Waals surface area contributed by atoms with Crippen LogP contribution in [0.1, 0.15) is 34.1 Å². The van der Waals surface area contributed by atoms with Crippen LogP contribution in [0.3, 0.4) is 0 Å². The first-order chi connectivity index (χ1) is 15.4. The van der Waals surface area contributed by atoms with Gasteiger partial charge in [-0.2, -0.15) is 0 Å². The molecule has 0 aliphatic carbocycles. The lowest BCUT2D eigenvalue weighted by Crippen LogP contribution is -2.32. The molecule has 32 heavy (non-hydrogen) atoms. The van der Waals surface area contributed by atoms with Crippen LogP contribution in [0, 0.1) is 0 Å². The number of benzene rings is 2. The SMILES string of the molecule is COc1ccc(C2c3c(oc4c(Cl)cccc4c3=O)C(=O)N2CCCN(C)C)cc1OC. The molecule has 1 amide bonds. The molecule has 2 heterocycles. The Morgan fingerprint density at radius 1 is 1.09 bits per heavy atom. The summed E-state index contributed by atoms with van der Waals surface area (Å²) in [6.45, 7) is 1.26. The van der Waals surface area contributed by atoms with Crippen molar-refractivity contribution in [3.05, 3.63) is 68.5 Å². The molecule has 0 fully saturated rings. The van der Waals surface area contributed by atoms with E-state index in [0.717, 1.165) is 18.5 Å². The first-order valence-corrected chi connectivity index (χ1v) is 10.7. The van der Waals surface area contributed by atoms with Crippen LogP contribution in [0.25, 0.3) is 11.0 Å². The van der Waals surface area contributed by atoms with E-state index in [1.165, 1.54) is 0 Å². The van der Waals surface area contributed by atoms with Gasteiger partial charge in [0.25, 0.3) is 5.91 Å². The van der Waals surface area contributed by atoms with Gasteiger partial charge in [-0.15, -0.1) is 0 Å². The van der Waals surface area contributed by atoms with Crippen molar-refractivity contribution in [2.75, 3.05) is 41.4 Å². The number of rotatable bonds is 7. The van der Waals surface area contributed by atoms with Gasteiger partial charge in [0.2, 0.25) is 5.76 Å². The van der Waals surface area contributed by atoms with Crippen LogP contribution < -0.4 is 14.9 Å². The number of halogens is 1. The summed E-state index contributed by atoms with van der Waals surface area (Å²) in [5.41, 5.74) is 1.04. The number of fused-ring (bicyclic) bond motifs is 2. The van der Waals surface area contributed by atoms with Gasteiger partial charge in [-0.1, -0.05) is 23.7 Å². The van der Waals surface area contributed by atoms with E-state index in [2.05, 4.69) is 4.90 Å². The minimum Gasteiger partial charge on any atom is -0.493 e. The molecule has 0 N–H and O–H groups in total. The molecule has 0 bridgehead atoms. The third-order valence-corrected chi connectivity index (χ3v) is 5.97. The highest BCUT2D eigenvalue weighted by Crippen LogP contribution is 2.41. The monoisotopic (exact) mass is 456 g/mol. The van der Waals surface area contributed by atoms with Gasteiger partial charge in [0.05, 0.1) is 36.2 Å². The number of nitrogens with zero attached hydrogens (tertiary/aromatic N) is 2. The zero-order valence-electron chi connectivity index (χ0n) is 18.5. The number of methoxy groups -OCH3 is 2. The first kappa shape index (κ1) is 22.2. The number of amides is 1. The third kappa shape index (κ3) is 3.72. The minimum atomic E-state index is -0.598. The minimum absolute atomic E-state index is 0.0419. The average molecular weight is 457 g/mol. The third-order valence-electron chi connectivity index (χ3n) is 5.67. The lowest BCUT2D eigenvalue weighted by atomic mass is 9.98. The van der Waals surface area contributed by atoms with E-state index >= 15 is 0 Å². The molecule has 2 aromatic carbocycles. The standard InChI is InChI=1S/C24H25ClN2O5/c1-26(2)11-6-12-27-20(14-9-10-17(30-3)18(13-14)31-4)19-21(28)15-7-5-8-16(25)22(15)32-23(19)24(27)29/h5,7-10,13,20H,6,11-12H2,1-4H3. The zero-order valence-corrected chi connectivity index (χ0v) is 19.2. The Bertz CT molecular complexity index is 1240. The van der Waals surface area contributed by atoms with Gasteiger partial charge in [0.1, 0.15) is 0 Å². The lowest BCUT2D eigenvalue weighted by Gasteiger charge is -2.26. The number of hydrogen-bond acceptors (Lipinski definition) is 6. The van der Waals surface area contributed by atoms with E-state index in [1.807, 2.05) is 20.2 Å². The van der Waals surface area contributed by atoms with Gasteiger partial charge in [-0.05, 0) is 56.9 Å². The Balaban J connectivity index is 1.91. The summed E-state index contributed by atoms with van der Waals surface area (Å²) in [6, 6.07) is 9.82. The summed E-state index contributed by atoms with van der Waals surface area (Å²) in [5.74, 6) is 0.808. The van der Waals surface area contributed by atoms with Gasteiger partial charge in [-0.3, -0.25) is 9.59 Å². The van der Waals surface area contributed by atoms with Gasteiger partial charge >= 0.3 is 0 Å². The summed E-state index contributed by atoms with van der Waals surface area (Å²) < 4.78 is 16.8. The lowest BCUT2D eigenvalue weighted by molar-refractivity contribution is 0.0722. The van der Waals surface area contributed by atoms with Crippen molar-refractivity contribution in [2.24, 2.45) is 0 Å². The topological polar surface area (TPSA) is 72.2 Å². The quantitative estimate of drug-likeness (QED) is 0.536. The highest BCUT2D eigenvalue weighted by Gasteiger charge is 2.42. The van der Waals surface area contributed by atoms with Crippen LogP contribution >= 0.6 is 11.6 Å². The van der Waals surface area contributed by atoms with Crippen LogP contribution in [0.2, 0.25) is 5.02 Å². The molecule has 1 aromatic heterocycles. The number of hydrogen-bond donors (Lipinski definition) is 0. The molecule has 1 aliphatic rings. The predicted octanol–water partition coefficient (Wildman–Crippen LogP) is 3.96. The van der Waals surface area contributed by atoms with Crippen LogP contribution in [0.4, 0.5) is 0 Å². The average Bonchev–Trinajstić information content (AvgIpc) is 3.06. The van der Waals surface area contributed by atoms with Crippen molar-refractivity contribution >= 4 is 28.5 Å². The fourth-order valence-electron chi connectivity index (χ4n) is 4.16. The molecular weight excluding hydrogens is 432 g/mol. The molecule has 3 aromatic rings.